The third kappa shape index (κ3) is 4.37. The third-order valence-corrected chi connectivity index (χ3v) is 4.26. The molecule has 1 aromatic heterocycles. The van der Waals surface area contributed by atoms with Crippen LogP contribution in [0.2, 0.25) is 0 Å². The Morgan fingerprint density at radius 2 is 2.20 bits per heavy atom. The molecule has 112 valence electrons. The fourth-order valence-corrected chi connectivity index (χ4v) is 3.04. The molecule has 1 heterocycles. The van der Waals surface area contributed by atoms with Crippen LogP contribution in [0.1, 0.15) is 56.7 Å². The summed E-state index contributed by atoms with van der Waals surface area (Å²) in [5.74, 6) is 0.706. The Labute approximate surface area is 121 Å². The van der Waals surface area contributed by atoms with E-state index in [1.54, 1.807) is 0 Å². The first-order valence-electron chi connectivity index (χ1n) is 7.73. The van der Waals surface area contributed by atoms with Gasteiger partial charge >= 0.3 is 0 Å². The molecule has 2 rings (SSSR count). The van der Waals surface area contributed by atoms with Crippen molar-refractivity contribution in [1.29, 1.82) is 0 Å². The van der Waals surface area contributed by atoms with Gasteiger partial charge < -0.3 is 15.0 Å². The highest BCUT2D eigenvalue weighted by Gasteiger charge is 2.17. The van der Waals surface area contributed by atoms with Crippen LogP contribution in [-0.2, 0) is 11.8 Å². The van der Waals surface area contributed by atoms with E-state index in [-0.39, 0.29) is 5.91 Å². The Hall–Kier alpha value is -1.29. The van der Waals surface area contributed by atoms with Crippen molar-refractivity contribution in [2.75, 3.05) is 6.54 Å². The summed E-state index contributed by atoms with van der Waals surface area (Å²) in [5.41, 5.74) is 0.895. The molecule has 0 aliphatic heterocycles. The van der Waals surface area contributed by atoms with E-state index < -0.39 is 6.10 Å². The second kappa shape index (κ2) is 7.48. The van der Waals surface area contributed by atoms with Crippen LogP contribution in [0.15, 0.2) is 18.3 Å². The number of nitrogens with one attached hydrogen (secondary N) is 1. The van der Waals surface area contributed by atoms with E-state index in [9.17, 15) is 9.90 Å². The normalized spacial score (nSPS) is 17.9. The Balaban J connectivity index is 1.65. The van der Waals surface area contributed by atoms with Gasteiger partial charge in [-0.05, 0) is 37.3 Å². The molecule has 1 aliphatic carbocycles. The Bertz CT molecular complexity index is 422. The second-order valence-electron chi connectivity index (χ2n) is 5.91. The topological polar surface area (TPSA) is 54.3 Å². The van der Waals surface area contributed by atoms with Gasteiger partial charge in [-0.2, -0.15) is 0 Å². The Morgan fingerprint density at radius 3 is 2.85 bits per heavy atom. The number of carbonyl (C=O) groups is 1. The number of aliphatic hydroxyl groups excluding tert-OH is 1. The molecule has 1 aromatic rings. The largest absolute Gasteiger partial charge is 0.387 e. The van der Waals surface area contributed by atoms with Crippen molar-refractivity contribution in [1.82, 2.24) is 9.88 Å². The number of aliphatic hydroxyl groups is 1. The van der Waals surface area contributed by atoms with E-state index in [2.05, 4.69) is 5.32 Å². The molecule has 0 aromatic carbocycles. The zero-order valence-electron chi connectivity index (χ0n) is 12.3. The van der Waals surface area contributed by atoms with E-state index in [1.165, 1.54) is 32.1 Å². The molecule has 1 unspecified atom stereocenters. The highest BCUT2D eigenvalue weighted by molar-refractivity contribution is 5.76. The lowest BCUT2D eigenvalue weighted by atomic mass is 9.87. The highest BCUT2D eigenvalue weighted by atomic mass is 16.3. The summed E-state index contributed by atoms with van der Waals surface area (Å²) < 4.78 is 1.91. The van der Waals surface area contributed by atoms with Crippen molar-refractivity contribution in [3.63, 3.8) is 0 Å². The van der Waals surface area contributed by atoms with Crippen LogP contribution < -0.4 is 5.32 Å². The minimum Gasteiger partial charge on any atom is -0.387 e. The number of hydrogen-bond acceptors (Lipinski definition) is 2. The fraction of sp³-hybridized carbons (Fsp3) is 0.688. The number of rotatable bonds is 6. The Morgan fingerprint density at radius 1 is 1.45 bits per heavy atom. The number of hydrogen-bond donors (Lipinski definition) is 2. The van der Waals surface area contributed by atoms with Crippen LogP contribution in [0.3, 0.4) is 0 Å². The van der Waals surface area contributed by atoms with Gasteiger partial charge in [0, 0.05) is 31.9 Å². The van der Waals surface area contributed by atoms with Crippen molar-refractivity contribution in [3.8, 4) is 0 Å². The van der Waals surface area contributed by atoms with Gasteiger partial charge in [0.05, 0.1) is 6.10 Å². The predicted molar refractivity (Wildman–Crippen MR) is 79.2 cm³/mol. The van der Waals surface area contributed by atoms with Gasteiger partial charge in [0.15, 0.2) is 0 Å². The minimum absolute atomic E-state index is 0.135. The van der Waals surface area contributed by atoms with Gasteiger partial charge in [0.25, 0.3) is 0 Å². The summed E-state index contributed by atoms with van der Waals surface area (Å²) in [5, 5.41) is 13.0. The number of carbonyl (C=O) groups excluding carboxylic acids is 1. The molecular formula is C16H26N2O2. The first kappa shape index (κ1) is 15.1. The molecule has 0 radical (unpaired) electrons. The van der Waals surface area contributed by atoms with Crippen LogP contribution in [0, 0.1) is 5.92 Å². The maximum Gasteiger partial charge on any atom is 0.220 e. The van der Waals surface area contributed by atoms with Crippen molar-refractivity contribution in [3.05, 3.63) is 24.0 Å². The lowest BCUT2D eigenvalue weighted by molar-refractivity contribution is -0.122. The predicted octanol–water partition coefficient (Wildman–Crippen LogP) is 2.54. The van der Waals surface area contributed by atoms with Gasteiger partial charge in [-0.25, -0.2) is 0 Å². The number of amides is 1. The molecule has 4 heteroatoms. The van der Waals surface area contributed by atoms with Crippen molar-refractivity contribution in [2.45, 2.75) is 51.0 Å². The molecule has 1 saturated carbocycles. The van der Waals surface area contributed by atoms with Gasteiger partial charge in [0.2, 0.25) is 5.91 Å². The molecular weight excluding hydrogens is 252 g/mol. The van der Waals surface area contributed by atoms with Crippen LogP contribution in [-0.4, -0.2) is 22.1 Å². The number of nitrogens with zero attached hydrogens (tertiary/aromatic N) is 1. The monoisotopic (exact) mass is 278 g/mol. The average Bonchev–Trinajstić information content (AvgIpc) is 2.86. The smallest absolute Gasteiger partial charge is 0.220 e. The summed E-state index contributed by atoms with van der Waals surface area (Å²) in [7, 11) is 1.92. The maximum absolute atomic E-state index is 11.8. The molecule has 1 fully saturated rings. The Kier molecular flexibility index (Phi) is 5.65. The lowest BCUT2D eigenvalue weighted by Gasteiger charge is -2.21. The van der Waals surface area contributed by atoms with Gasteiger partial charge in [-0.15, -0.1) is 0 Å². The molecule has 1 atom stereocenters. The average molecular weight is 278 g/mol. The van der Waals surface area contributed by atoms with Gasteiger partial charge in [-0.1, -0.05) is 19.3 Å². The molecule has 20 heavy (non-hydrogen) atoms. The fourth-order valence-electron chi connectivity index (χ4n) is 3.04. The van der Waals surface area contributed by atoms with E-state index >= 15 is 0 Å². The van der Waals surface area contributed by atoms with E-state index in [1.807, 2.05) is 29.9 Å². The minimum atomic E-state index is -0.509. The zero-order chi connectivity index (χ0) is 14.4. The molecule has 0 saturated heterocycles. The van der Waals surface area contributed by atoms with Crippen molar-refractivity contribution in [2.24, 2.45) is 13.0 Å². The highest BCUT2D eigenvalue weighted by Crippen LogP contribution is 2.26. The molecule has 1 aliphatic rings. The van der Waals surface area contributed by atoms with Crippen LogP contribution >= 0.6 is 0 Å². The molecule has 2 N–H and O–H groups in total. The van der Waals surface area contributed by atoms with Crippen molar-refractivity contribution >= 4 is 5.91 Å². The van der Waals surface area contributed by atoms with E-state index in [0.29, 0.717) is 25.3 Å². The molecule has 4 nitrogen and oxygen atoms in total. The first-order chi connectivity index (χ1) is 9.66. The third-order valence-electron chi connectivity index (χ3n) is 4.26. The summed E-state index contributed by atoms with van der Waals surface area (Å²) in [6.07, 6.45) is 8.87. The second-order valence-corrected chi connectivity index (χ2v) is 5.91. The number of aryl methyl sites for hydroxylation is 1. The summed E-state index contributed by atoms with van der Waals surface area (Å²) in [6.45, 7) is 0.540. The maximum atomic E-state index is 11.8. The van der Waals surface area contributed by atoms with Crippen LogP contribution in [0.4, 0.5) is 0 Å². The standard InChI is InChI=1S/C16H26N2O2/c1-18-11-5-8-14(18)15(19)9-10-17-16(20)12-13-6-3-2-4-7-13/h5,8,11,13,15,19H,2-4,6-7,9-10,12H2,1H3,(H,17,20). The summed E-state index contributed by atoms with van der Waals surface area (Å²) in [6, 6.07) is 3.83. The van der Waals surface area contributed by atoms with Crippen molar-refractivity contribution < 1.29 is 9.90 Å². The molecule has 0 bridgehead atoms. The SMILES string of the molecule is Cn1cccc1C(O)CCNC(=O)CC1CCCCC1. The van der Waals surface area contributed by atoms with Gasteiger partial charge in [-0.3, -0.25) is 4.79 Å². The van der Waals surface area contributed by atoms with E-state index in [0.717, 1.165) is 5.69 Å². The quantitative estimate of drug-likeness (QED) is 0.840. The van der Waals surface area contributed by atoms with Crippen LogP contribution in [0.5, 0.6) is 0 Å². The lowest BCUT2D eigenvalue weighted by Crippen LogP contribution is -2.28. The molecule has 0 spiro atoms. The molecule has 1 amide bonds. The zero-order valence-corrected chi connectivity index (χ0v) is 12.3. The first-order valence-corrected chi connectivity index (χ1v) is 7.73. The van der Waals surface area contributed by atoms with E-state index in [4.69, 9.17) is 0 Å². The van der Waals surface area contributed by atoms with Crippen LogP contribution in [0.25, 0.3) is 0 Å². The summed E-state index contributed by atoms with van der Waals surface area (Å²) in [4.78, 5) is 11.8. The summed E-state index contributed by atoms with van der Waals surface area (Å²) >= 11 is 0. The number of aromatic nitrogens is 1. The van der Waals surface area contributed by atoms with Gasteiger partial charge in [0.1, 0.15) is 0 Å².